The van der Waals surface area contributed by atoms with Crippen LogP contribution in [-0.4, -0.2) is 17.6 Å². The van der Waals surface area contributed by atoms with Crippen molar-refractivity contribution in [1.82, 2.24) is 5.32 Å². The van der Waals surface area contributed by atoms with Crippen LogP contribution >= 0.6 is 28.1 Å². The van der Waals surface area contributed by atoms with Crippen LogP contribution in [-0.2, 0) is 0 Å². The van der Waals surface area contributed by atoms with Crippen molar-refractivity contribution >= 4 is 44.9 Å². The summed E-state index contributed by atoms with van der Waals surface area (Å²) in [5.41, 5.74) is 1.35. The standard InChI is InChI=1S/C18H16BrN3O2S/c1-2-9-24-16-8-7-13(19)10-14(16)17(23)22-18(25)21-15-6-4-3-5-12(15)11-20/h3-8,10H,2,9H2,1H3,(H2,21,22,23,25). The first-order chi connectivity index (χ1) is 12.0. The largest absolute Gasteiger partial charge is 0.493 e. The van der Waals surface area contributed by atoms with Gasteiger partial charge in [0.15, 0.2) is 5.11 Å². The van der Waals surface area contributed by atoms with Gasteiger partial charge in [0.1, 0.15) is 11.8 Å². The number of halogens is 1. The normalized spacial score (nSPS) is 9.80. The summed E-state index contributed by atoms with van der Waals surface area (Å²) in [5.74, 6) is 0.0992. The summed E-state index contributed by atoms with van der Waals surface area (Å²) in [6, 6.07) is 14.2. The second kappa shape index (κ2) is 9.16. The summed E-state index contributed by atoms with van der Waals surface area (Å²) in [6.07, 6.45) is 0.835. The second-order valence-electron chi connectivity index (χ2n) is 5.05. The van der Waals surface area contributed by atoms with Gasteiger partial charge in [-0.05, 0) is 49.0 Å². The molecule has 0 radical (unpaired) electrons. The van der Waals surface area contributed by atoms with Crippen LogP contribution in [0, 0.1) is 11.3 Å². The van der Waals surface area contributed by atoms with Crippen LogP contribution in [0.2, 0.25) is 0 Å². The number of hydrogen-bond donors (Lipinski definition) is 2. The second-order valence-corrected chi connectivity index (χ2v) is 6.38. The van der Waals surface area contributed by atoms with E-state index in [0.717, 1.165) is 10.9 Å². The van der Waals surface area contributed by atoms with E-state index in [2.05, 4.69) is 32.6 Å². The molecule has 128 valence electrons. The van der Waals surface area contributed by atoms with E-state index in [1.54, 1.807) is 36.4 Å². The highest BCUT2D eigenvalue weighted by Gasteiger charge is 2.15. The fraction of sp³-hybridized carbons (Fsp3) is 0.167. The lowest BCUT2D eigenvalue weighted by atomic mass is 10.2. The molecule has 5 nitrogen and oxygen atoms in total. The van der Waals surface area contributed by atoms with Crippen molar-refractivity contribution in [3.63, 3.8) is 0 Å². The fourth-order valence-corrected chi connectivity index (χ4v) is 2.59. The number of nitrogens with zero attached hydrogens (tertiary/aromatic N) is 1. The van der Waals surface area contributed by atoms with E-state index in [1.165, 1.54) is 0 Å². The van der Waals surface area contributed by atoms with Crippen molar-refractivity contribution < 1.29 is 9.53 Å². The van der Waals surface area contributed by atoms with Crippen molar-refractivity contribution in [2.75, 3.05) is 11.9 Å². The summed E-state index contributed by atoms with van der Waals surface area (Å²) in [7, 11) is 0. The number of rotatable bonds is 5. The molecular weight excluding hydrogens is 402 g/mol. The van der Waals surface area contributed by atoms with Gasteiger partial charge in [0.05, 0.1) is 23.4 Å². The third-order valence-electron chi connectivity index (χ3n) is 3.17. The van der Waals surface area contributed by atoms with E-state index in [4.69, 9.17) is 22.2 Å². The van der Waals surface area contributed by atoms with Crippen LogP contribution in [0.3, 0.4) is 0 Å². The number of carbonyl (C=O) groups excluding carboxylic acids is 1. The minimum absolute atomic E-state index is 0.106. The molecule has 0 heterocycles. The zero-order valence-electron chi connectivity index (χ0n) is 13.5. The molecule has 1 amide bonds. The molecule has 0 aliphatic carbocycles. The summed E-state index contributed by atoms with van der Waals surface area (Å²) >= 11 is 8.53. The third-order valence-corrected chi connectivity index (χ3v) is 3.87. The van der Waals surface area contributed by atoms with Gasteiger partial charge in [-0.2, -0.15) is 5.26 Å². The number of amides is 1. The van der Waals surface area contributed by atoms with Crippen molar-refractivity contribution in [2.45, 2.75) is 13.3 Å². The Balaban J connectivity index is 2.12. The molecule has 2 rings (SSSR count). The van der Waals surface area contributed by atoms with Crippen molar-refractivity contribution in [2.24, 2.45) is 0 Å². The fourth-order valence-electron chi connectivity index (χ4n) is 2.03. The summed E-state index contributed by atoms with van der Waals surface area (Å²) in [4.78, 5) is 12.5. The monoisotopic (exact) mass is 417 g/mol. The van der Waals surface area contributed by atoms with E-state index in [0.29, 0.717) is 29.2 Å². The maximum Gasteiger partial charge on any atom is 0.261 e. The average molecular weight is 418 g/mol. The molecule has 0 saturated heterocycles. The minimum Gasteiger partial charge on any atom is -0.493 e. The highest BCUT2D eigenvalue weighted by Crippen LogP contribution is 2.23. The van der Waals surface area contributed by atoms with Crippen LogP contribution in [0.4, 0.5) is 5.69 Å². The highest BCUT2D eigenvalue weighted by atomic mass is 79.9. The zero-order valence-corrected chi connectivity index (χ0v) is 15.9. The number of anilines is 1. The number of carbonyl (C=O) groups is 1. The minimum atomic E-state index is -0.389. The Morgan fingerprint density at radius 1 is 1.32 bits per heavy atom. The number of thiocarbonyl (C=S) groups is 1. The number of hydrogen-bond acceptors (Lipinski definition) is 4. The first-order valence-corrected chi connectivity index (χ1v) is 8.79. The lowest BCUT2D eigenvalue weighted by molar-refractivity contribution is 0.0973. The van der Waals surface area contributed by atoms with Crippen LogP contribution in [0.1, 0.15) is 29.3 Å². The van der Waals surface area contributed by atoms with E-state index < -0.39 is 0 Å². The topological polar surface area (TPSA) is 74.2 Å². The lowest BCUT2D eigenvalue weighted by Crippen LogP contribution is -2.34. The Hall–Kier alpha value is -2.43. The lowest BCUT2D eigenvalue weighted by Gasteiger charge is -2.13. The number of benzene rings is 2. The Morgan fingerprint density at radius 2 is 2.08 bits per heavy atom. The molecule has 2 N–H and O–H groups in total. The molecule has 0 spiro atoms. The van der Waals surface area contributed by atoms with E-state index >= 15 is 0 Å². The summed E-state index contributed by atoms with van der Waals surface area (Å²) < 4.78 is 6.37. The molecule has 0 aliphatic heterocycles. The summed E-state index contributed by atoms with van der Waals surface area (Å²) in [5, 5.41) is 14.7. The number of nitrogens with one attached hydrogen (secondary N) is 2. The molecule has 0 unspecified atom stereocenters. The first-order valence-electron chi connectivity index (χ1n) is 7.59. The maximum atomic E-state index is 12.5. The van der Waals surface area contributed by atoms with Gasteiger partial charge in [-0.3, -0.25) is 10.1 Å². The number of ether oxygens (including phenoxy) is 1. The van der Waals surface area contributed by atoms with Gasteiger partial charge in [0.25, 0.3) is 5.91 Å². The molecule has 0 bridgehead atoms. The zero-order chi connectivity index (χ0) is 18.2. The Bertz CT molecular complexity index is 833. The van der Waals surface area contributed by atoms with E-state index in [9.17, 15) is 4.79 Å². The van der Waals surface area contributed by atoms with Gasteiger partial charge in [0.2, 0.25) is 0 Å². The Kier molecular flexibility index (Phi) is 6.92. The molecule has 0 saturated carbocycles. The number of para-hydroxylation sites is 1. The van der Waals surface area contributed by atoms with Crippen molar-refractivity contribution in [3.05, 3.63) is 58.1 Å². The predicted molar refractivity (Wildman–Crippen MR) is 105 cm³/mol. The van der Waals surface area contributed by atoms with E-state index in [1.807, 2.05) is 13.0 Å². The van der Waals surface area contributed by atoms with Gasteiger partial charge in [-0.25, -0.2) is 0 Å². The molecule has 0 fully saturated rings. The van der Waals surface area contributed by atoms with Crippen LogP contribution in [0.15, 0.2) is 46.9 Å². The van der Waals surface area contributed by atoms with Crippen LogP contribution in [0.5, 0.6) is 5.75 Å². The molecule has 2 aromatic rings. The maximum absolute atomic E-state index is 12.5. The molecule has 25 heavy (non-hydrogen) atoms. The van der Waals surface area contributed by atoms with Gasteiger partial charge < -0.3 is 10.1 Å². The predicted octanol–water partition coefficient (Wildman–Crippen LogP) is 4.24. The average Bonchev–Trinajstić information content (AvgIpc) is 2.61. The Labute approximate surface area is 160 Å². The van der Waals surface area contributed by atoms with Crippen LogP contribution in [0.25, 0.3) is 0 Å². The number of nitriles is 1. The van der Waals surface area contributed by atoms with Crippen molar-refractivity contribution in [1.29, 1.82) is 5.26 Å². The molecule has 0 aromatic heterocycles. The molecular formula is C18H16BrN3O2S. The molecule has 0 atom stereocenters. The Morgan fingerprint density at radius 3 is 2.80 bits per heavy atom. The van der Waals surface area contributed by atoms with E-state index in [-0.39, 0.29) is 11.0 Å². The third kappa shape index (κ3) is 5.28. The van der Waals surface area contributed by atoms with Gasteiger partial charge in [0, 0.05) is 4.47 Å². The van der Waals surface area contributed by atoms with Gasteiger partial charge in [-0.15, -0.1) is 0 Å². The molecule has 0 aliphatic rings. The van der Waals surface area contributed by atoms with Gasteiger partial charge >= 0.3 is 0 Å². The van der Waals surface area contributed by atoms with Crippen LogP contribution < -0.4 is 15.4 Å². The first kappa shape index (κ1) is 18.9. The molecule has 7 heteroatoms. The SMILES string of the molecule is CCCOc1ccc(Br)cc1C(=O)NC(=S)Nc1ccccc1C#N. The molecule has 2 aromatic carbocycles. The van der Waals surface area contributed by atoms with Crippen molar-refractivity contribution in [3.8, 4) is 11.8 Å². The summed E-state index contributed by atoms with van der Waals surface area (Å²) in [6.45, 7) is 2.50. The smallest absolute Gasteiger partial charge is 0.261 e. The highest BCUT2D eigenvalue weighted by molar-refractivity contribution is 9.10. The van der Waals surface area contributed by atoms with Gasteiger partial charge in [-0.1, -0.05) is 35.0 Å². The quantitative estimate of drug-likeness (QED) is 0.711.